The molecule has 7 heteroatoms. The number of rotatable bonds is 4. The van der Waals surface area contributed by atoms with Gasteiger partial charge in [-0.1, -0.05) is 11.6 Å². The second kappa shape index (κ2) is 7.73. The van der Waals surface area contributed by atoms with Gasteiger partial charge in [-0.2, -0.15) is 5.26 Å². The van der Waals surface area contributed by atoms with E-state index in [4.69, 9.17) is 16.0 Å². The third-order valence-corrected chi connectivity index (χ3v) is 5.01. The summed E-state index contributed by atoms with van der Waals surface area (Å²) in [5, 5.41) is 17.0. The van der Waals surface area contributed by atoms with Crippen LogP contribution in [0.4, 0.5) is 5.69 Å². The number of amides is 1. The molecule has 132 valence electrons. The Labute approximate surface area is 160 Å². The van der Waals surface area contributed by atoms with Crippen molar-refractivity contribution in [1.29, 1.82) is 5.26 Å². The summed E-state index contributed by atoms with van der Waals surface area (Å²) in [6, 6.07) is 12.6. The van der Waals surface area contributed by atoms with E-state index in [-0.39, 0.29) is 5.91 Å². The third kappa shape index (κ3) is 3.50. The Morgan fingerprint density at radius 1 is 1.35 bits per heavy atom. The maximum atomic E-state index is 13.0. The van der Waals surface area contributed by atoms with Crippen molar-refractivity contribution in [3.8, 4) is 6.07 Å². The molecule has 2 aromatic rings. The normalized spacial score (nSPS) is 16.9. The highest BCUT2D eigenvalue weighted by Gasteiger charge is 2.36. The number of carbonyl (C=O) groups excluding carboxylic acids is 1. The van der Waals surface area contributed by atoms with Gasteiger partial charge >= 0.3 is 0 Å². The Morgan fingerprint density at radius 2 is 2.08 bits per heavy atom. The van der Waals surface area contributed by atoms with Gasteiger partial charge in [0.25, 0.3) is 5.91 Å². The van der Waals surface area contributed by atoms with Gasteiger partial charge in [0.15, 0.2) is 0 Å². The first-order valence-electron chi connectivity index (χ1n) is 7.81. The predicted molar refractivity (Wildman–Crippen MR) is 104 cm³/mol. The van der Waals surface area contributed by atoms with E-state index in [1.165, 1.54) is 18.0 Å². The molecule has 1 aromatic carbocycles. The lowest BCUT2D eigenvalue weighted by molar-refractivity contribution is -0.113. The number of hydrogen-bond acceptors (Lipinski definition) is 5. The molecule has 0 radical (unpaired) electrons. The fourth-order valence-electron chi connectivity index (χ4n) is 2.85. The molecular weight excluding hydrogens is 370 g/mol. The molecule has 0 spiro atoms. The van der Waals surface area contributed by atoms with Crippen LogP contribution in [0.25, 0.3) is 0 Å². The number of anilines is 1. The topological polar surface area (TPSA) is 78.1 Å². The number of hydrogen-bond donors (Lipinski definition) is 2. The molecule has 1 atom stereocenters. The highest BCUT2D eigenvalue weighted by atomic mass is 35.5. The SMILES string of the molecule is CSC1=C(C#N)[C@@H](c2ccco2)C(C(=O)Nc2ccc(Cl)cc2)=C(C)N1. The van der Waals surface area contributed by atoms with Crippen LogP contribution >= 0.6 is 23.4 Å². The number of thioether (sulfide) groups is 1. The van der Waals surface area contributed by atoms with Crippen LogP contribution in [0.3, 0.4) is 0 Å². The molecule has 5 nitrogen and oxygen atoms in total. The Kier molecular flexibility index (Phi) is 5.40. The van der Waals surface area contributed by atoms with Gasteiger partial charge in [-0.15, -0.1) is 11.8 Å². The van der Waals surface area contributed by atoms with E-state index in [1.807, 2.05) is 13.2 Å². The third-order valence-electron chi connectivity index (χ3n) is 4.03. The van der Waals surface area contributed by atoms with Crippen LogP contribution in [0, 0.1) is 11.3 Å². The Balaban J connectivity index is 2.01. The van der Waals surface area contributed by atoms with Gasteiger partial charge in [-0.05, 0) is 49.6 Å². The lowest BCUT2D eigenvalue weighted by Crippen LogP contribution is -2.30. The van der Waals surface area contributed by atoms with Gasteiger partial charge in [0.1, 0.15) is 5.76 Å². The molecule has 0 aliphatic carbocycles. The van der Waals surface area contributed by atoms with Gasteiger partial charge in [0.05, 0.1) is 34.4 Å². The second-order valence-corrected chi connectivity index (χ2v) is 6.88. The van der Waals surface area contributed by atoms with Crippen LogP contribution < -0.4 is 10.6 Å². The molecule has 3 rings (SSSR count). The molecule has 2 N–H and O–H groups in total. The van der Waals surface area contributed by atoms with Crippen LogP contribution in [0.2, 0.25) is 5.02 Å². The van der Waals surface area contributed by atoms with Gasteiger partial charge in [-0.3, -0.25) is 4.79 Å². The molecule has 2 heterocycles. The number of furan rings is 1. The molecule has 1 aliphatic rings. The van der Waals surface area contributed by atoms with Crippen LogP contribution in [0.5, 0.6) is 0 Å². The number of halogens is 1. The summed E-state index contributed by atoms with van der Waals surface area (Å²) in [6.45, 7) is 1.82. The highest BCUT2D eigenvalue weighted by molar-refractivity contribution is 8.02. The summed E-state index contributed by atoms with van der Waals surface area (Å²) in [4.78, 5) is 13.0. The lowest BCUT2D eigenvalue weighted by Gasteiger charge is -2.28. The minimum atomic E-state index is -0.564. The van der Waals surface area contributed by atoms with Crippen molar-refractivity contribution >= 4 is 35.0 Å². The Morgan fingerprint density at radius 3 is 2.65 bits per heavy atom. The van der Waals surface area contributed by atoms with Crippen molar-refractivity contribution in [3.63, 3.8) is 0 Å². The van der Waals surface area contributed by atoms with Gasteiger partial charge in [0.2, 0.25) is 0 Å². The van der Waals surface area contributed by atoms with Crippen molar-refractivity contribution in [2.45, 2.75) is 12.8 Å². The number of carbonyl (C=O) groups is 1. The molecular formula is C19H16ClN3O2S. The van der Waals surface area contributed by atoms with Crippen molar-refractivity contribution in [2.24, 2.45) is 0 Å². The van der Waals surface area contributed by atoms with Crippen molar-refractivity contribution in [2.75, 3.05) is 11.6 Å². The number of dihydropyridines is 1. The van der Waals surface area contributed by atoms with Crippen LogP contribution in [0.1, 0.15) is 18.6 Å². The van der Waals surface area contributed by atoms with Gasteiger partial charge in [-0.25, -0.2) is 0 Å². The standard InChI is InChI=1S/C19H16ClN3O2S/c1-11-16(18(24)23-13-7-5-12(20)6-8-13)17(15-4-3-9-25-15)14(10-21)19(22-11)26-2/h3-9,17,22H,1-2H3,(H,23,24)/t17-/m0/s1. The van der Waals surface area contributed by atoms with E-state index in [0.29, 0.717) is 33.3 Å². The number of benzene rings is 1. The van der Waals surface area contributed by atoms with Crippen molar-refractivity contribution in [1.82, 2.24) is 5.32 Å². The molecule has 0 saturated carbocycles. The number of nitrogens with zero attached hydrogens (tertiary/aromatic N) is 1. The van der Waals surface area contributed by atoms with Gasteiger partial charge < -0.3 is 15.1 Å². The molecule has 26 heavy (non-hydrogen) atoms. The molecule has 0 unspecified atom stereocenters. The number of nitrogens with one attached hydrogen (secondary N) is 2. The largest absolute Gasteiger partial charge is 0.468 e. The quantitative estimate of drug-likeness (QED) is 0.802. The molecule has 0 bridgehead atoms. The Bertz CT molecular complexity index is 925. The molecule has 0 saturated heterocycles. The highest BCUT2D eigenvalue weighted by Crippen LogP contribution is 2.40. The van der Waals surface area contributed by atoms with E-state index in [1.54, 1.807) is 36.4 Å². The molecule has 1 amide bonds. The van der Waals surface area contributed by atoms with E-state index in [9.17, 15) is 10.1 Å². The average molecular weight is 386 g/mol. The van der Waals surface area contributed by atoms with Gasteiger partial charge in [0, 0.05) is 16.4 Å². The van der Waals surface area contributed by atoms with Crippen molar-refractivity contribution < 1.29 is 9.21 Å². The minimum Gasteiger partial charge on any atom is -0.468 e. The van der Waals surface area contributed by atoms with E-state index in [0.717, 1.165) is 5.03 Å². The zero-order chi connectivity index (χ0) is 18.7. The summed E-state index contributed by atoms with van der Waals surface area (Å²) >= 11 is 7.32. The second-order valence-electron chi connectivity index (χ2n) is 5.63. The molecule has 0 fully saturated rings. The first-order chi connectivity index (χ1) is 12.5. The summed E-state index contributed by atoms with van der Waals surface area (Å²) in [6.07, 6.45) is 3.42. The van der Waals surface area contributed by atoms with Crippen LogP contribution in [-0.2, 0) is 4.79 Å². The van der Waals surface area contributed by atoms with E-state index >= 15 is 0 Å². The zero-order valence-electron chi connectivity index (χ0n) is 14.2. The summed E-state index contributed by atoms with van der Waals surface area (Å²) in [5.74, 6) is -0.312. The smallest absolute Gasteiger partial charge is 0.254 e. The summed E-state index contributed by atoms with van der Waals surface area (Å²) < 4.78 is 5.54. The lowest BCUT2D eigenvalue weighted by atomic mass is 9.85. The monoisotopic (exact) mass is 385 g/mol. The molecule has 1 aromatic heterocycles. The van der Waals surface area contributed by atoms with Crippen LogP contribution in [-0.4, -0.2) is 12.2 Å². The number of allylic oxidation sites excluding steroid dienone is 2. The first-order valence-corrected chi connectivity index (χ1v) is 9.41. The number of nitriles is 1. The Hall–Kier alpha value is -2.62. The minimum absolute atomic E-state index is 0.299. The van der Waals surface area contributed by atoms with Crippen LogP contribution in [0.15, 0.2) is 69.0 Å². The maximum absolute atomic E-state index is 13.0. The fraction of sp³-hybridized carbons (Fsp3) is 0.158. The maximum Gasteiger partial charge on any atom is 0.254 e. The first kappa shape index (κ1) is 18.2. The fourth-order valence-corrected chi connectivity index (χ4v) is 3.61. The summed E-state index contributed by atoms with van der Waals surface area (Å²) in [7, 11) is 0. The van der Waals surface area contributed by atoms with E-state index in [2.05, 4.69) is 16.7 Å². The molecule has 1 aliphatic heterocycles. The van der Waals surface area contributed by atoms with Crippen molar-refractivity contribution in [3.05, 3.63) is 75.3 Å². The zero-order valence-corrected chi connectivity index (χ0v) is 15.7. The predicted octanol–water partition coefficient (Wildman–Crippen LogP) is 4.63. The summed E-state index contributed by atoms with van der Waals surface area (Å²) in [5.41, 5.74) is 2.21. The average Bonchev–Trinajstić information content (AvgIpc) is 3.16. The van der Waals surface area contributed by atoms with E-state index < -0.39 is 5.92 Å².